The van der Waals surface area contributed by atoms with E-state index in [9.17, 15) is 0 Å². The second-order valence-corrected chi connectivity index (χ2v) is 12.4. The average molecular weight is 465 g/mol. The third-order valence-electron chi connectivity index (χ3n) is 4.90. The van der Waals surface area contributed by atoms with E-state index in [1.54, 1.807) is 0 Å². The molecule has 30 heavy (non-hydrogen) atoms. The zero-order valence-electron chi connectivity index (χ0n) is 20.7. The standard InChI is InChI=1S/C22H50NO5Si2/c1-7-24-29(25-8-2)22(6)18-15-13-12-14-16-19-23-20-17-21-30(26-9-3,27-10-4)28-11-5/h22-23H,7-21H2,1-6H3. The van der Waals surface area contributed by atoms with Crippen molar-refractivity contribution in [2.24, 2.45) is 0 Å². The largest absolute Gasteiger partial charge is 0.500 e. The summed E-state index contributed by atoms with van der Waals surface area (Å²) in [6, 6.07) is 0.890. The lowest BCUT2D eigenvalue weighted by molar-refractivity contribution is 0.0708. The Morgan fingerprint density at radius 2 is 1.17 bits per heavy atom. The van der Waals surface area contributed by atoms with Crippen LogP contribution in [0.25, 0.3) is 0 Å². The van der Waals surface area contributed by atoms with Crippen LogP contribution in [-0.4, -0.2) is 64.2 Å². The van der Waals surface area contributed by atoms with Crippen molar-refractivity contribution in [3.63, 3.8) is 0 Å². The lowest BCUT2D eigenvalue weighted by atomic mass is 10.1. The molecule has 0 aromatic carbocycles. The van der Waals surface area contributed by atoms with Crippen molar-refractivity contribution in [2.75, 3.05) is 46.1 Å². The maximum Gasteiger partial charge on any atom is 0.500 e. The van der Waals surface area contributed by atoms with Crippen molar-refractivity contribution >= 4 is 18.1 Å². The van der Waals surface area contributed by atoms with Gasteiger partial charge in [0, 0.05) is 44.6 Å². The lowest BCUT2D eigenvalue weighted by Crippen LogP contribution is -2.46. The molecular weight excluding hydrogens is 414 g/mol. The molecule has 0 aliphatic heterocycles. The molecule has 0 spiro atoms. The molecule has 0 aromatic heterocycles. The Labute approximate surface area is 189 Å². The summed E-state index contributed by atoms with van der Waals surface area (Å²) in [5, 5.41) is 3.56. The molecule has 6 nitrogen and oxygen atoms in total. The summed E-state index contributed by atoms with van der Waals surface area (Å²) in [6.07, 6.45) is 8.70. The molecule has 0 saturated carbocycles. The zero-order valence-corrected chi connectivity index (χ0v) is 22.7. The van der Waals surface area contributed by atoms with Gasteiger partial charge >= 0.3 is 18.1 Å². The van der Waals surface area contributed by atoms with E-state index in [2.05, 4.69) is 26.1 Å². The minimum Gasteiger partial charge on any atom is -0.393 e. The monoisotopic (exact) mass is 464 g/mol. The molecular formula is C22H50NO5Si2. The maximum atomic E-state index is 5.90. The SMILES string of the molecule is CCO[Si](OCC)C(C)CCCCCCCNCCC[Si](OCC)(OCC)OCC. The fourth-order valence-electron chi connectivity index (χ4n) is 3.52. The van der Waals surface area contributed by atoms with Crippen LogP contribution in [0.1, 0.15) is 86.5 Å². The molecule has 0 aromatic rings. The normalized spacial score (nSPS) is 13.3. The van der Waals surface area contributed by atoms with Crippen molar-refractivity contribution in [3.8, 4) is 0 Å². The summed E-state index contributed by atoms with van der Waals surface area (Å²) < 4.78 is 29.3. The fourth-order valence-corrected chi connectivity index (χ4v) is 7.79. The summed E-state index contributed by atoms with van der Waals surface area (Å²) in [4.78, 5) is 0. The first kappa shape index (κ1) is 30.2. The highest BCUT2D eigenvalue weighted by Gasteiger charge is 2.39. The van der Waals surface area contributed by atoms with Crippen molar-refractivity contribution < 1.29 is 22.1 Å². The van der Waals surface area contributed by atoms with Gasteiger partial charge in [0.1, 0.15) is 0 Å². The van der Waals surface area contributed by atoms with Crippen LogP contribution in [0.4, 0.5) is 0 Å². The minimum absolute atomic E-state index is 0.567. The van der Waals surface area contributed by atoms with Gasteiger partial charge in [-0.15, -0.1) is 0 Å². The second-order valence-electron chi connectivity index (χ2n) is 7.48. The molecule has 0 aliphatic rings. The van der Waals surface area contributed by atoms with Crippen LogP contribution in [0.15, 0.2) is 0 Å². The van der Waals surface area contributed by atoms with Crippen molar-refractivity contribution in [1.29, 1.82) is 0 Å². The Bertz CT molecular complexity index is 343. The van der Waals surface area contributed by atoms with Crippen LogP contribution in [0.5, 0.6) is 0 Å². The Balaban J connectivity index is 3.73. The summed E-state index contributed by atoms with van der Waals surface area (Å²) in [6.45, 7) is 18.0. The van der Waals surface area contributed by atoms with Gasteiger partial charge in [0.15, 0.2) is 0 Å². The van der Waals surface area contributed by atoms with Crippen LogP contribution >= 0.6 is 0 Å². The number of hydrogen-bond donors (Lipinski definition) is 1. The van der Waals surface area contributed by atoms with Crippen molar-refractivity contribution in [1.82, 2.24) is 5.32 Å². The van der Waals surface area contributed by atoms with Crippen LogP contribution in [-0.2, 0) is 22.1 Å². The smallest absolute Gasteiger partial charge is 0.393 e. The van der Waals surface area contributed by atoms with E-state index in [1.165, 1.54) is 38.5 Å². The first-order chi connectivity index (χ1) is 14.6. The average Bonchev–Trinajstić information content (AvgIpc) is 2.72. The molecule has 0 amide bonds. The number of nitrogens with one attached hydrogen (secondary N) is 1. The molecule has 0 fully saturated rings. The number of hydrogen-bond acceptors (Lipinski definition) is 6. The van der Waals surface area contributed by atoms with E-state index in [4.69, 9.17) is 22.1 Å². The number of rotatable bonds is 23. The topological polar surface area (TPSA) is 58.2 Å². The lowest BCUT2D eigenvalue weighted by Gasteiger charge is -2.28. The molecule has 1 atom stereocenters. The van der Waals surface area contributed by atoms with Gasteiger partial charge < -0.3 is 27.4 Å². The predicted octanol–water partition coefficient (Wildman–Crippen LogP) is 5.31. The van der Waals surface area contributed by atoms with Gasteiger partial charge in [-0.1, -0.05) is 32.6 Å². The van der Waals surface area contributed by atoms with Gasteiger partial charge in [0.25, 0.3) is 0 Å². The molecule has 0 bridgehead atoms. The van der Waals surface area contributed by atoms with Crippen LogP contribution in [0.2, 0.25) is 11.6 Å². The molecule has 181 valence electrons. The molecule has 1 unspecified atom stereocenters. The van der Waals surface area contributed by atoms with Gasteiger partial charge in [-0.25, -0.2) is 0 Å². The van der Waals surface area contributed by atoms with Crippen LogP contribution < -0.4 is 5.32 Å². The van der Waals surface area contributed by atoms with Crippen LogP contribution in [0, 0.1) is 0 Å². The Morgan fingerprint density at radius 1 is 0.667 bits per heavy atom. The first-order valence-electron chi connectivity index (χ1n) is 12.3. The number of unbranched alkanes of at least 4 members (excludes halogenated alkanes) is 4. The maximum absolute atomic E-state index is 5.90. The van der Waals surface area contributed by atoms with E-state index in [1.807, 2.05) is 20.8 Å². The third kappa shape index (κ3) is 15.1. The second kappa shape index (κ2) is 21.1. The highest BCUT2D eigenvalue weighted by molar-refractivity contribution is 6.60. The highest BCUT2D eigenvalue weighted by atomic mass is 28.4. The van der Waals surface area contributed by atoms with E-state index in [0.717, 1.165) is 38.8 Å². The van der Waals surface area contributed by atoms with Gasteiger partial charge in [-0.2, -0.15) is 0 Å². The van der Waals surface area contributed by atoms with Crippen molar-refractivity contribution in [2.45, 2.75) is 98.1 Å². The fraction of sp³-hybridized carbons (Fsp3) is 1.00. The molecule has 8 heteroatoms. The molecule has 0 saturated heterocycles. The highest BCUT2D eigenvalue weighted by Crippen LogP contribution is 2.21. The summed E-state index contributed by atoms with van der Waals surface area (Å²) in [5.74, 6) is 0. The molecule has 1 N–H and O–H groups in total. The minimum atomic E-state index is -2.47. The van der Waals surface area contributed by atoms with Gasteiger partial charge in [-0.3, -0.25) is 0 Å². The quantitative estimate of drug-likeness (QED) is 0.163. The van der Waals surface area contributed by atoms with Gasteiger partial charge in [0.05, 0.1) is 0 Å². The Kier molecular flexibility index (Phi) is 21.2. The molecule has 0 aliphatic carbocycles. The first-order valence-corrected chi connectivity index (χ1v) is 15.7. The Morgan fingerprint density at radius 3 is 1.70 bits per heavy atom. The van der Waals surface area contributed by atoms with Gasteiger partial charge in [-0.05, 0) is 67.0 Å². The third-order valence-corrected chi connectivity index (χ3v) is 10.3. The predicted molar refractivity (Wildman–Crippen MR) is 129 cm³/mol. The summed E-state index contributed by atoms with van der Waals surface area (Å²) >= 11 is 0. The summed E-state index contributed by atoms with van der Waals surface area (Å²) in [7, 11) is -3.56. The van der Waals surface area contributed by atoms with E-state index < -0.39 is 18.1 Å². The molecule has 0 rings (SSSR count). The summed E-state index contributed by atoms with van der Waals surface area (Å²) in [5.41, 5.74) is 0.567. The zero-order chi connectivity index (χ0) is 22.5. The van der Waals surface area contributed by atoms with Crippen molar-refractivity contribution in [3.05, 3.63) is 0 Å². The van der Waals surface area contributed by atoms with Gasteiger partial charge in [0.2, 0.25) is 0 Å². The Hall–Kier alpha value is 0.194. The molecule has 1 radical (unpaired) electrons. The molecule has 0 heterocycles. The van der Waals surface area contributed by atoms with E-state index >= 15 is 0 Å². The van der Waals surface area contributed by atoms with E-state index in [-0.39, 0.29) is 0 Å². The van der Waals surface area contributed by atoms with Crippen LogP contribution in [0.3, 0.4) is 0 Å². The van der Waals surface area contributed by atoms with E-state index in [0.29, 0.717) is 25.4 Å².